The maximum absolute atomic E-state index is 9.39. The zero-order chi connectivity index (χ0) is 12.3. The van der Waals surface area contributed by atoms with E-state index in [4.69, 9.17) is 11.6 Å². The lowest BCUT2D eigenvalue weighted by Crippen LogP contribution is -1.96. The van der Waals surface area contributed by atoms with E-state index in [9.17, 15) is 5.11 Å². The van der Waals surface area contributed by atoms with E-state index in [1.165, 1.54) is 12.5 Å². The van der Waals surface area contributed by atoms with Crippen LogP contribution in [0.3, 0.4) is 0 Å². The number of aromatic nitrogens is 2. The number of rotatable bonds is 3. The topological polar surface area (TPSA) is 58.0 Å². The largest absolute Gasteiger partial charge is 0.389 e. The number of halogens is 1. The second-order valence-electron chi connectivity index (χ2n) is 3.64. The summed E-state index contributed by atoms with van der Waals surface area (Å²) in [5.41, 5.74) is 1.72. The van der Waals surface area contributed by atoms with Gasteiger partial charge in [-0.05, 0) is 24.6 Å². The lowest BCUT2D eigenvalue weighted by Gasteiger charge is -2.08. The van der Waals surface area contributed by atoms with Crippen LogP contribution in [0.25, 0.3) is 0 Å². The standard InChI is InChI=1S/C12H12ClN3O/c1-8(17)9-2-4-10(5-3-9)16-12-11(13)6-14-7-15-12/h2-8,17H,1H3,(H,14,15,16)/t8-/m0/s1. The Morgan fingerprint density at radius 3 is 2.59 bits per heavy atom. The summed E-state index contributed by atoms with van der Waals surface area (Å²) in [5.74, 6) is 0.562. The summed E-state index contributed by atoms with van der Waals surface area (Å²) in [7, 11) is 0. The summed E-state index contributed by atoms with van der Waals surface area (Å²) in [6.45, 7) is 1.73. The first-order valence-corrected chi connectivity index (χ1v) is 5.55. The molecule has 1 aromatic carbocycles. The number of hydrogen-bond acceptors (Lipinski definition) is 4. The van der Waals surface area contributed by atoms with Gasteiger partial charge in [0.25, 0.3) is 0 Å². The second-order valence-corrected chi connectivity index (χ2v) is 4.05. The lowest BCUT2D eigenvalue weighted by molar-refractivity contribution is 0.199. The smallest absolute Gasteiger partial charge is 0.152 e. The van der Waals surface area contributed by atoms with Crippen LogP contribution in [0.4, 0.5) is 11.5 Å². The van der Waals surface area contributed by atoms with E-state index in [0.717, 1.165) is 11.3 Å². The minimum Gasteiger partial charge on any atom is -0.389 e. The van der Waals surface area contributed by atoms with E-state index >= 15 is 0 Å². The van der Waals surface area contributed by atoms with Crippen molar-refractivity contribution in [1.29, 1.82) is 0 Å². The molecule has 1 aromatic heterocycles. The van der Waals surface area contributed by atoms with Crippen LogP contribution in [0.2, 0.25) is 5.02 Å². The van der Waals surface area contributed by atoms with Gasteiger partial charge >= 0.3 is 0 Å². The Bertz CT molecular complexity index is 499. The van der Waals surface area contributed by atoms with Crippen molar-refractivity contribution in [3.05, 3.63) is 47.4 Å². The first-order valence-electron chi connectivity index (χ1n) is 5.17. The summed E-state index contributed by atoms with van der Waals surface area (Å²) in [6, 6.07) is 7.42. The first kappa shape index (κ1) is 11.8. The molecule has 0 aliphatic heterocycles. The van der Waals surface area contributed by atoms with Gasteiger partial charge in [-0.15, -0.1) is 0 Å². The summed E-state index contributed by atoms with van der Waals surface area (Å²) in [5, 5.41) is 12.9. The summed E-state index contributed by atoms with van der Waals surface area (Å²) in [6.07, 6.45) is 2.49. The number of anilines is 2. The number of hydrogen-bond donors (Lipinski definition) is 2. The predicted molar refractivity (Wildman–Crippen MR) is 67.4 cm³/mol. The molecule has 0 unspecified atom stereocenters. The van der Waals surface area contributed by atoms with Crippen molar-refractivity contribution in [2.45, 2.75) is 13.0 Å². The third kappa shape index (κ3) is 2.93. The average molecular weight is 250 g/mol. The van der Waals surface area contributed by atoms with E-state index in [1.807, 2.05) is 24.3 Å². The molecular weight excluding hydrogens is 238 g/mol. The number of aliphatic hydroxyl groups excluding tert-OH is 1. The zero-order valence-corrected chi connectivity index (χ0v) is 10.0. The van der Waals surface area contributed by atoms with Crippen LogP contribution >= 0.6 is 11.6 Å². The summed E-state index contributed by atoms with van der Waals surface area (Å²) < 4.78 is 0. The van der Waals surface area contributed by atoms with Crippen molar-refractivity contribution < 1.29 is 5.11 Å². The molecule has 4 nitrogen and oxygen atoms in total. The summed E-state index contributed by atoms with van der Waals surface area (Å²) >= 11 is 5.93. The summed E-state index contributed by atoms with van der Waals surface area (Å²) in [4.78, 5) is 7.84. The molecule has 2 rings (SSSR count). The van der Waals surface area contributed by atoms with Crippen LogP contribution in [-0.4, -0.2) is 15.1 Å². The molecular formula is C12H12ClN3O. The van der Waals surface area contributed by atoms with Crippen LogP contribution in [0.15, 0.2) is 36.8 Å². The molecule has 1 heterocycles. The number of benzene rings is 1. The van der Waals surface area contributed by atoms with E-state index in [2.05, 4.69) is 15.3 Å². The molecule has 0 spiro atoms. The van der Waals surface area contributed by atoms with Gasteiger partial charge in [0.05, 0.1) is 12.3 Å². The van der Waals surface area contributed by atoms with Gasteiger partial charge in [-0.25, -0.2) is 9.97 Å². The third-order valence-corrected chi connectivity index (χ3v) is 2.60. The van der Waals surface area contributed by atoms with Crippen molar-refractivity contribution in [1.82, 2.24) is 9.97 Å². The fourth-order valence-electron chi connectivity index (χ4n) is 1.39. The molecule has 0 bridgehead atoms. The molecule has 17 heavy (non-hydrogen) atoms. The fraction of sp³-hybridized carbons (Fsp3) is 0.167. The molecule has 0 aliphatic carbocycles. The minimum absolute atomic E-state index is 0.465. The van der Waals surface area contributed by atoms with Crippen LogP contribution < -0.4 is 5.32 Å². The molecule has 2 N–H and O–H groups in total. The maximum Gasteiger partial charge on any atom is 0.152 e. The molecule has 0 amide bonds. The maximum atomic E-state index is 9.39. The Kier molecular flexibility index (Phi) is 3.56. The Hall–Kier alpha value is -1.65. The van der Waals surface area contributed by atoms with E-state index in [-0.39, 0.29) is 0 Å². The highest BCUT2D eigenvalue weighted by Crippen LogP contribution is 2.22. The van der Waals surface area contributed by atoms with Gasteiger partial charge in [0.1, 0.15) is 11.3 Å². The molecule has 0 saturated carbocycles. The lowest BCUT2D eigenvalue weighted by atomic mass is 10.1. The van der Waals surface area contributed by atoms with Crippen LogP contribution in [0.1, 0.15) is 18.6 Å². The molecule has 5 heteroatoms. The molecule has 1 atom stereocenters. The number of nitrogens with one attached hydrogen (secondary N) is 1. The highest BCUT2D eigenvalue weighted by molar-refractivity contribution is 6.32. The highest BCUT2D eigenvalue weighted by Gasteiger charge is 2.03. The van der Waals surface area contributed by atoms with Crippen LogP contribution in [0, 0.1) is 0 Å². The Morgan fingerprint density at radius 1 is 1.29 bits per heavy atom. The van der Waals surface area contributed by atoms with Gasteiger partial charge < -0.3 is 10.4 Å². The second kappa shape index (κ2) is 5.12. The van der Waals surface area contributed by atoms with Gasteiger partial charge in [-0.3, -0.25) is 0 Å². The van der Waals surface area contributed by atoms with Crippen molar-refractivity contribution >= 4 is 23.1 Å². The van der Waals surface area contributed by atoms with Crippen molar-refractivity contribution in [3.8, 4) is 0 Å². The average Bonchev–Trinajstić information content (AvgIpc) is 2.33. The SMILES string of the molecule is C[C@H](O)c1ccc(Nc2ncncc2Cl)cc1. The molecule has 2 aromatic rings. The minimum atomic E-state index is -0.466. The van der Waals surface area contributed by atoms with Gasteiger partial charge in [0, 0.05) is 5.69 Å². The van der Waals surface area contributed by atoms with Gasteiger partial charge in [0.2, 0.25) is 0 Å². The molecule has 88 valence electrons. The van der Waals surface area contributed by atoms with E-state index < -0.39 is 6.10 Å². The van der Waals surface area contributed by atoms with E-state index in [0.29, 0.717) is 10.8 Å². The van der Waals surface area contributed by atoms with Gasteiger partial charge in [0.15, 0.2) is 5.82 Å². The quantitative estimate of drug-likeness (QED) is 0.878. The Balaban J connectivity index is 2.17. The molecule has 0 fully saturated rings. The van der Waals surface area contributed by atoms with Crippen molar-refractivity contribution in [2.24, 2.45) is 0 Å². The normalized spacial score (nSPS) is 12.2. The van der Waals surface area contributed by atoms with Gasteiger partial charge in [-0.1, -0.05) is 23.7 Å². The number of aliphatic hydroxyl groups is 1. The Labute approximate surface area is 104 Å². The first-order chi connectivity index (χ1) is 8.16. The molecule has 0 aliphatic rings. The van der Waals surface area contributed by atoms with Crippen molar-refractivity contribution in [2.75, 3.05) is 5.32 Å². The van der Waals surface area contributed by atoms with Gasteiger partial charge in [-0.2, -0.15) is 0 Å². The third-order valence-electron chi connectivity index (χ3n) is 2.32. The highest BCUT2D eigenvalue weighted by atomic mass is 35.5. The van der Waals surface area contributed by atoms with Crippen LogP contribution in [-0.2, 0) is 0 Å². The van der Waals surface area contributed by atoms with E-state index in [1.54, 1.807) is 6.92 Å². The zero-order valence-electron chi connectivity index (χ0n) is 9.26. The van der Waals surface area contributed by atoms with Crippen molar-refractivity contribution in [3.63, 3.8) is 0 Å². The number of nitrogens with zero attached hydrogens (tertiary/aromatic N) is 2. The molecule has 0 saturated heterocycles. The van der Waals surface area contributed by atoms with Crippen LogP contribution in [0.5, 0.6) is 0 Å². The fourth-order valence-corrected chi connectivity index (χ4v) is 1.54. The molecule has 0 radical (unpaired) electrons. The monoisotopic (exact) mass is 249 g/mol. The Morgan fingerprint density at radius 2 is 2.00 bits per heavy atom. The predicted octanol–water partition coefficient (Wildman–Crippen LogP) is 2.93.